The van der Waals surface area contributed by atoms with Crippen molar-refractivity contribution >= 4 is 29.4 Å². The number of carbonyl (C=O) groups is 3. The van der Waals surface area contributed by atoms with Crippen molar-refractivity contribution in [3.63, 3.8) is 0 Å². The van der Waals surface area contributed by atoms with Gasteiger partial charge in [-0.1, -0.05) is 23.7 Å². The smallest absolute Gasteiger partial charge is 0.410 e. The summed E-state index contributed by atoms with van der Waals surface area (Å²) < 4.78 is 17.0. The van der Waals surface area contributed by atoms with Gasteiger partial charge in [0.2, 0.25) is 5.88 Å². The van der Waals surface area contributed by atoms with Crippen molar-refractivity contribution < 1.29 is 28.6 Å². The van der Waals surface area contributed by atoms with E-state index >= 15 is 0 Å². The average Bonchev–Trinajstić information content (AvgIpc) is 3.21. The van der Waals surface area contributed by atoms with Gasteiger partial charge in [-0.05, 0) is 17.7 Å². The molecule has 1 saturated carbocycles. The second kappa shape index (κ2) is 9.73. The number of ketones is 1. The molecule has 10 heteroatoms. The van der Waals surface area contributed by atoms with E-state index in [1.165, 1.54) is 7.11 Å². The standard InChI is InChI=1S/C25H26ClN3O6/c1-33-24-20(23(31)27-12-14-2-4-16(26)5-3-14)11-21(22(28-24)15-8-18(30)9-15)35-19-6-7-29-17(10-19)13-34-25(29)32/h2-5,11,15,17,19H,6-10,12-13H2,1H3,(H,27,31)/t17-,19-/m0/s1. The number of nitrogens with one attached hydrogen (secondary N) is 1. The Labute approximate surface area is 207 Å². The van der Waals surface area contributed by atoms with Gasteiger partial charge in [0, 0.05) is 55.8 Å². The van der Waals surface area contributed by atoms with E-state index in [-0.39, 0.29) is 47.3 Å². The lowest BCUT2D eigenvalue weighted by Crippen LogP contribution is -2.44. The zero-order valence-corrected chi connectivity index (χ0v) is 20.0. The Hall–Kier alpha value is -3.33. The molecule has 3 heterocycles. The molecule has 184 valence electrons. The van der Waals surface area contributed by atoms with Gasteiger partial charge >= 0.3 is 6.09 Å². The Morgan fingerprint density at radius 1 is 1.26 bits per heavy atom. The molecule has 3 fully saturated rings. The van der Waals surface area contributed by atoms with Crippen molar-refractivity contribution in [2.24, 2.45) is 0 Å². The minimum absolute atomic E-state index is 0.0247. The molecule has 3 aliphatic rings. The third-order valence-electron chi connectivity index (χ3n) is 6.71. The predicted molar refractivity (Wildman–Crippen MR) is 126 cm³/mol. The normalized spacial score (nSPS) is 21.7. The molecule has 1 aliphatic carbocycles. The van der Waals surface area contributed by atoms with E-state index in [9.17, 15) is 14.4 Å². The number of cyclic esters (lactones) is 1. The van der Waals surface area contributed by atoms with Crippen LogP contribution in [0.1, 0.15) is 53.2 Å². The van der Waals surface area contributed by atoms with Crippen LogP contribution in [0.5, 0.6) is 11.6 Å². The van der Waals surface area contributed by atoms with Gasteiger partial charge in [-0.2, -0.15) is 0 Å². The number of piperidine rings is 1. The molecule has 1 aromatic heterocycles. The molecule has 35 heavy (non-hydrogen) atoms. The predicted octanol–water partition coefficient (Wildman–Crippen LogP) is 3.48. The summed E-state index contributed by atoms with van der Waals surface area (Å²) in [6.45, 7) is 1.20. The van der Waals surface area contributed by atoms with Crippen LogP contribution in [0.15, 0.2) is 30.3 Å². The molecular weight excluding hydrogens is 474 g/mol. The summed E-state index contributed by atoms with van der Waals surface area (Å²) >= 11 is 5.94. The number of fused-ring (bicyclic) bond motifs is 1. The topological polar surface area (TPSA) is 107 Å². The van der Waals surface area contributed by atoms with Crippen molar-refractivity contribution in [1.29, 1.82) is 0 Å². The second-order valence-corrected chi connectivity index (χ2v) is 9.51. The number of halogens is 1. The van der Waals surface area contributed by atoms with Crippen LogP contribution in [-0.2, 0) is 16.1 Å². The van der Waals surface area contributed by atoms with Crippen LogP contribution < -0.4 is 14.8 Å². The van der Waals surface area contributed by atoms with Crippen LogP contribution in [-0.4, -0.2) is 60.1 Å². The monoisotopic (exact) mass is 499 g/mol. The zero-order chi connectivity index (χ0) is 24.5. The first-order valence-corrected chi connectivity index (χ1v) is 12.0. The van der Waals surface area contributed by atoms with E-state index in [0.717, 1.165) is 5.56 Å². The molecule has 1 aromatic carbocycles. The Kier molecular flexibility index (Phi) is 6.51. The number of hydrogen-bond donors (Lipinski definition) is 1. The fourth-order valence-electron chi connectivity index (χ4n) is 4.71. The first-order chi connectivity index (χ1) is 16.9. The number of hydrogen-bond acceptors (Lipinski definition) is 7. The quantitative estimate of drug-likeness (QED) is 0.621. The fraction of sp³-hybridized carbons (Fsp3) is 0.440. The summed E-state index contributed by atoms with van der Waals surface area (Å²) in [5.41, 5.74) is 1.77. The molecule has 0 unspecified atom stereocenters. The molecule has 2 aliphatic heterocycles. The Bertz CT molecular complexity index is 1150. The lowest BCUT2D eigenvalue weighted by atomic mass is 9.81. The largest absolute Gasteiger partial charge is 0.488 e. The number of benzene rings is 1. The molecule has 2 aromatic rings. The maximum Gasteiger partial charge on any atom is 0.410 e. The molecule has 0 bridgehead atoms. The summed E-state index contributed by atoms with van der Waals surface area (Å²) in [5.74, 6) is 0.402. The van der Waals surface area contributed by atoms with Gasteiger partial charge in [-0.3, -0.25) is 9.59 Å². The third kappa shape index (κ3) is 4.91. The summed E-state index contributed by atoms with van der Waals surface area (Å²) in [7, 11) is 1.46. The van der Waals surface area contributed by atoms with Crippen molar-refractivity contribution in [2.75, 3.05) is 20.3 Å². The number of aromatic nitrogens is 1. The van der Waals surface area contributed by atoms with Crippen LogP contribution in [0.3, 0.4) is 0 Å². The van der Waals surface area contributed by atoms with Crippen LogP contribution >= 0.6 is 11.6 Å². The lowest BCUT2D eigenvalue weighted by molar-refractivity contribution is -0.124. The second-order valence-electron chi connectivity index (χ2n) is 9.07. The van der Waals surface area contributed by atoms with E-state index in [1.807, 2.05) is 12.1 Å². The van der Waals surface area contributed by atoms with E-state index < -0.39 is 0 Å². The van der Waals surface area contributed by atoms with Crippen LogP contribution in [0.4, 0.5) is 4.79 Å². The number of ether oxygens (including phenoxy) is 3. The number of nitrogens with zero attached hydrogens (tertiary/aromatic N) is 2. The highest BCUT2D eigenvalue weighted by atomic mass is 35.5. The number of Topliss-reactive ketones (excluding diaryl/α,β-unsaturated/α-hetero) is 1. The van der Waals surface area contributed by atoms with Gasteiger partial charge in [0.25, 0.3) is 5.91 Å². The molecule has 0 radical (unpaired) electrons. The zero-order valence-electron chi connectivity index (χ0n) is 19.3. The van der Waals surface area contributed by atoms with E-state index in [2.05, 4.69) is 10.3 Å². The number of carbonyl (C=O) groups excluding carboxylic acids is 3. The molecule has 0 spiro atoms. The molecule has 5 rings (SSSR count). The Balaban J connectivity index is 1.37. The van der Waals surface area contributed by atoms with Gasteiger partial charge < -0.3 is 24.4 Å². The van der Waals surface area contributed by atoms with Crippen LogP contribution in [0.25, 0.3) is 0 Å². The summed E-state index contributed by atoms with van der Waals surface area (Å²) in [6, 6.07) is 8.84. The molecule has 2 amide bonds. The van der Waals surface area contributed by atoms with E-state index in [0.29, 0.717) is 61.8 Å². The lowest BCUT2D eigenvalue weighted by Gasteiger charge is -2.34. The fourth-order valence-corrected chi connectivity index (χ4v) is 4.84. The van der Waals surface area contributed by atoms with Crippen molar-refractivity contribution in [2.45, 2.75) is 50.3 Å². The summed E-state index contributed by atoms with van der Waals surface area (Å²) in [6.07, 6.45) is 1.58. The number of methoxy groups -OCH3 is 1. The van der Waals surface area contributed by atoms with Gasteiger partial charge in [0.05, 0.1) is 18.8 Å². The highest BCUT2D eigenvalue weighted by molar-refractivity contribution is 6.30. The van der Waals surface area contributed by atoms with Crippen molar-refractivity contribution in [1.82, 2.24) is 15.2 Å². The van der Waals surface area contributed by atoms with Gasteiger partial charge in [0.1, 0.15) is 29.8 Å². The SMILES string of the molecule is COc1nc(C2CC(=O)C2)c(O[C@H]2CCN3C(=O)OC[C@@H]3C2)cc1C(=O)NCc1ccc(Cl)cc1. The summed E-state index contributed by atoms with van der Waals surface area (Å²) in [4.78, 5) is 42.9. The molecule has 2 atom stereocenters. The average molecular weight is 500 g/mol. The van der Waals surface area contributed by atoms with Crippen LogP contribution in [0.2, 0.25) is 5.02 Å². The van der Waals surface area contributed by atoms with E-state index in [1.54, 1.807) is 23.1 Å². The minimum Gasteiger partial charge on any atom is -0.488 e. The van der Waals surface area contributed by atoms with E-state index in [4.69, 9.17) is 25.8 Å². The first-order valence-electron chi connectivity index (χ1n) is 11.6. The highest BCUT2D eigenvalue weighted by Gasteiger charge is 2.40. The van der Waals surface area contributed by atoms with Crippen LogP contribution in [0, 0.1) is 0 Å². The van der Waals surface area contributed by atoms with Crippen molar-refractivity contribution in [3.8, 4) is 11.6 Å². The number of pyridine rings is 1. The number of amides is 2. The first kappa shape index (κ1) is 23.4. The Morgan fingerprint density at radius 3 is 2.74 bits per heavy atom. The number of rotatable bonds is 7. The molecule has 1 N–H and O–H groups in total. The Morgan fingerprint density at radius 2 is 2.03 bits per heavy atom. The molecule has 9 nitrogen and oxygen atoms in total. The summed E-state index contributed by atoms with van der Waals surface area (Å²) in [5, 5.41) is 3.51. The maximum atomic E-state index is 13.1. The molecule has 2 saturated heterocycles. The molecular formula is C25H26ClN3O6. The maximum absolute atomic E-state index is 13.1. The van der Waals surface area contributed by atoms with Gasteiger partial charge in [0.15, 0.2) is 0 Å². The van der Waals surface area contributed by atoms with Gasteiger partial charge in [-0.25, -0.2) is 9.78 Å². The third-order valence-corrected chi connectivity index (χ3v) is 6.97. The highest BCUT2D eigenvalue weighted by Crippen LogP contribution is 2.41. The van der Waals surface area contributed by atoms with Gasteiger partial charge in [-0.15, -0.1) is 0 Å². The van der Waals surface area contributed by atoms with Crippen molar-refractivity contribution in [3.05, 3.63) is 52.2 Å². The minimum atomic E-state index is -0.352.